The standard InChI is InChI=1S/C14H19NO2S/c1-4-18-11-7-5-10(6-8-11)12-14(2,3)9-17-13(16)15-12/h5-8,12H,4,9H2,1-3H3,(H,15,16)/t12-/m1/s1. The highest BCUT2D eigenvalue weighted by Gasteiger charge is 2.37. The molecular weight excluding hydrogens is 246 g/mol. The Morgan fingerprint density at radius 1 is 1.39 bits per heavy atom. The van der Waals surface area contributed by atoms with Crippen LogP contribution < -0.4 is 5.32 Å². The molecule has 2 rings (SSSR count). The summed E-state index contributed by atoms with van der Waals surface area (Å²) >= 11 is 1.82. The van der Waals surface area contributed by atoms with E-state index in [-0.39, 0.29) is 17.6 Å². The van der Waals surface area contributed by atoms with Crippen molar-refractivity contribution in [3.63, 3.8) is 0 Å². The maximum atomic E-state index is 11.4. The Labute approximate surface area is 112 Å². The van der Waals surface area contributed by atoms with Gasteiger partial charge < -0.3 is 10.1 Å². The number of rotatable bonds is 3. The zero-order valence-corrected chi connectivity index (χ0v) is 11.8. The summed E-state index contributed by atoms with van der Waals surface area (Å²) in [6, 6.07) is 8.42. The van der Waals surface area contributed by atoms with Gasteiger partial charge in [0, 0.05) is 10.3 Å². The monoisotopic (exact) mass is 265 g/mol. The van der Waals surface area contributed by atoms with Gasteiger partial charge in [-0.15, -0.1) is 11.8 Å². The maximum Gasteiger partial charge on any atom is 0.407 e. The van der Waals surface area contributed by atoms with E-state index in [1.165, 1.54) is 4.90 Å². The number of nitrogens with one attached hydrogen (secondary N) is 1. The minimum absolute atomic E-state index is 0.0134. The average Bonchev–Trinajstić information content (AvgIpc) is 2.34. The molecule has 0 aromatic heterocycles. The van der Waals surface area contributed by atoms with Crippen molar-refractivity contribution in [2.45, 2.75) is 31.7 Å². The van der Waals surface area contributed by atoms with E-state index in [0.29, 0.717) is 6.61 Å². The van der Waals surface area contributed by atoms with Gasteiger partial charge in [-0.1, -0.05) is 32.9 Å². The van der Waals surface area contributed by atoms with Crippen LogP contribution in [0.2, 0.25) is 0 Å². The molecule has 1 saturated heterocycles. The summed E-state index contributed by atoms with van der Waals surface area (Å²) in [5.74, 6) is 1.07. The molecule has 1 aromatic carbocycles. The lowest BCUT2D eigenvalue weighted by Crippen LogP contribution is -2.46. The number of ether oxygens (including phenoxy) is 1. The fraction of sp³-hybridized carbons (Fsp3) is 0.500. The molecule has 18 heavy (non-hydrogen) atoms. The third-order valence-electron chi connectivity index (χ3n) is 3.14. The van der Waals surface area contributed by atoms with Gasteiger partial charge in [-0.3, -0.25) is 0 Å². The third kappa shape index (κ3) is 2.80. The molecule has 1 heterocycles. The highest BCUT2D eigenvalue weighted by Crippen LogP contribution is 2.36. The van der Waals surface area contributed by atoms with Crippen LogP contribution in [0.5, 0.6) is 0 Å². The Hall–Kier alpha value is -1.16. The lowest BCUT2D eigenvalue weighted by atomic mass is 9.80. The number of cyclic esters (lactones) is 1. The molecule has 4 heteroatoms. The average molecular weight is 265 g/mol. The van der Waals surface area contributed by atoms with Crippen molar-refractivity contribution in [2.75, 3.05) is 12.4 Å². The highest BCUT2D eigenvalue weighted by atomic mass is 32.2. The van der Waals surface area contributed by atoms with Crippen molar-refractivity contribution in [3.05, 3.63) is 29.8 Å². The molecule has 1 amide bonds. The summed E-state index contributed by atoms with van der Waals surface area (Å²) in [5.41, 5.74) is 1.05. The van der Waals surface area contributed by atoms with Gasteiger partial charge in [0.15, 0.2) is 0 Å². The first-order valence-electron chi connectivity index (χ1n) is 6.19. The first kappa shape index (κ1) is 13.3. The molecule has 0 radical (unpaired) electrons. The van der Waals surface area contributed by atoms with Gasteiger partial charge >= 0.3 is 6.09 Å². The number of alkyl carbamates (subject to hydrolysis) is 1. The first-order valence-corrected chi connectivity index (χ1v) is 7.17. The van der Waals surface area contributed by atoms with Gasteiger partial charge in [0.1, 0.15) is 6.61 Å². The largest absolute Gasteiger partial charge is 0.449 e. The van der Waals surface area contributed by atoms with Crippen LogP contribution in [0.4, 0.5) is 4.79 Å². The molecule has 0 unspecified atom stereocenters. The van der Waals surface area contributed by atoms with Crippen molar-refractivity contribution in [3.8, 4) is 0 Å². The van der Waals surface area contributed by atoms with Crippen LogP contribution >= 0.6 is 11.8 Å². The topological polar surface area (TPSA) is 38.3 Å². The molecule has 1 aromatic rings. The normalized spacial score (nSPS) is 22.2. The molecule has 1 fully saturated rings. The van der Waals surface area contributed by atoms with Crippen LogP contribution in [0.25, 0.3) is 0 Å². The molecule has 1 atom stereocenters. The van der Waals surface area contributed by atoms with E-state index in [2.05, 4.69) is 50.4 Å². The molecule has 1 N–H and O–H groups in total. The smallest absolute Gasteiger partial charge is 0.407 e. The first-order chi connectivity index (χ1) is 8.53. The molecule has 1 aliphatic heterocycles. The number of benzene rings is 1. The predicted octanol–water partition coefficient (Wildman–Crippen LogP) is 3.61. The molecule has 0 aliphatic carbocycles. The molecule has 3 nitrogen and oxygen atoms in total. The fourth-order valence-electron chi connectivity index (χ4n) is 2.15. The number of amides is 1. The summed E-state index contributed by atoms with van der Waals surface area (Å²) in [6.07, 6.45) is -0.327. The van der Waals surface area contributed by atoms with E-state index >= 15 is 0 Å². The molecule has 0 bridgehead atoms. The second-order valence-corrected chi connectivity index (χ2v) is 6.48. The summed E-state index contributed by atoms with van der Waals surface area (Å²) in [6.45, 7) is 6.80. The third-order valence-corrected chi connectivity index (χ3v) is 4.04. The fourth-order valence-corrected chi connectivity index (χ4v) is 2.81. The summed E-state index contributed by atoms with van der Waals surface area (Å²) < 4.78 is 5.05. The van der Waals surface area contributed by atoms with E-state index in [0.717, 1.165) is 11.3 Å². The molecule has 98 valence electrons. The van der Waals surface area contributed by atoms with Crippen LogP contribution in [0.3, 0.4) is 0 Å². The van der Waals surface area contributed by atoms with Crippen LogP contribution in [-0.2, 0) is 4.74 Å². The van der Waals surface area contributed by atoms with Gasteiger partial charge in [-0.2, -0.15) is 0 Å². The quantitative estimate of drug-likeness (QED) is 0.849. The zero-order valence-electron chi connectivity index (χ0n) is 11.0. The van der Waals surface area contributed by atoms with Crippen LogP contribution in [-0.4, -0.2) is 18.5 Å². The summed E-state index contributed by atoms with van der Waals surface area (Å²) in [4.78, 5) is 12.6. The van der Waals surface area contributed by atoms with Crippen LogP contribution in [0, 0.1) is 5.41 Å². The van der Waals surface area contributed by atoms with Crippen molar-refractivity contribution in [1.82, 2.24) is 5.32 Å². The Morgan fingerprint density at radius 3 is 2.67 bits per heavy atom. The van der Waals surface area contributed by atoms with Gasteiger partial charge in [-0.25, -0.2) is 4.79 Å². The Morgan fingerprint density at radius 2 is 2.06 bits per heavy atom. The van der Waals surface area contributed by atoms with Crippen molar-refractivity contribution >= 4 is 17.9 Å². The predicted molar refractivity (Wildman–Crippen MR) is 73.8 cm³/mol. The second kappa shape index (κ2) is 5.22. The number of hydrogen-bond acceptors (Lipinski definition) is 3. The molecule has 0 spiro atoms. The lowest BCUT2D eigenvalue weighted by molar-refractivity contribution is 0.0387. The Balaban J connectivity index is 2.20. The number of thioether (sulfide) groups is 1. The maximum absolute atomic E-state index is 11.4. The summed E-state index contributed by atoms with van der Waals surface area (Å²) in [7, 11) is 0. The summed E-state index contributed by atoms with van der Waals surface area (Å²) in [5, 5.41) is 2.91. The zero-order chi connectivity index (χ0) is 13.2. The van der Waals surface area contributed by atoms with Gasteiger partial charge in [0.05, 0.1) is 6.04 Å². The van der Waals surface area contributed by atoms with Crippen molar-refractivity contribution < 1.29 is 9.53 Å². The number of carbonyl (C=O) groups is 1. The lowest BCUT2D eigenvalue weighted by Gasteiger charge is -2.38. The molecule has 1 aliphatic rings. The van der Waals surface area contributed by atoms with E-state index in [1.54, 1.807) is 0 Å². The SMILES string of the molecule is CCSc1ccc([C@H]2NC(=O)OCC2(C)C)cc1. The number of carbonyl (C=O) groups excluding carboxylic acids is 1. The van der Waals surface area contributed by atoms with E-state index < -0.39 is 0 Å². The molecular formula is C14H19NO2S. The van der Waals surface area contributed by atoms with Gasteiger partial charge in [0.25, 0.3) is 0 Å². The van der Waals surface area contributed by atoms with E-state index in [1.807, 2.05) is 11.8 Å². The minimum atomic E-state index is -0.327. The van der Waals surface area contributed by atoms with Gasteiger partial charge in [-0.05, 0) is 23.4 Å². The van der Waals surface area contributed by atoms with Crippen LogP contribution in [0.1, 0.15) is 32.4 Å². The van der Waals surface area contributed by atoms with Crippen molar-refractivity contribution in [1.29, 1.82) is 0 Å². The van der Waals surface area contributed by atoms with E-state index in [4.69, 9.17) is 4.74 Å². The number of hydrogen-bond donors (Lipinski definition) is 1. The Kier molecular flexibility index (Phi) is 3.85. The molecule has 0 saturated carbocycles. The second-order valence-electron chi connectivity index (χ2n) is 5.14. The Bertz CT molecular complexity index is 428. The highest BCUT2D eigenvalue weighted by molar-refractivity contribution is 7.99. The van der Waals surface area contributed by atoms with E-state index in [9.17, 15) is 4.79 Å². The minimum Gasteiger partial charge on any atom is -0.449 e. The van der Waals surface area contributed by atoms with Crippen molar-refractivity contribution in [2.24, 2.45) is 5.41 Å². The van der Waals surface area contributed by atoms with Crippen LogP contribution in [0.15, 0.2) is 29.2 Å². The van der Waals surface area contributed by atoms with Gasteiger partial charge in [0.2, 0.25) is 0 Å².